The van der Waals surface area contributed by atoms with Gasteiger partial charge in [0.15, 0.2) is 0 Å². The molecule has 1 aromatic rings. The van der Waals surface area contributed by atoms with Crippen LogP contribution in [0.4, 0.5) is 0 Å². The molecule has 0 saturated heterocycles. The third kappa shape index (κ3) is 1.96. The smallest absolute Gasteiger partial charge is 0.305 e. The summed E-state index contributed by atoms with van der Waals surface area (Å²) in [5, 5.41) is 2.89. The number of hydrogen-bond donors (Lipinski definition) is 0. The van der Waals surface area contributed by atoms with Crippen LogP contribution < -0.4 is 4.87 Å². The molecule has 14 heavy (non-hydrogen) atoms. The molecule has 1 aromatic heterocycles. The van der Waals surface area contributed by atoms with Crippen LogP contribution in [0.25, 0.3) is 0 Å². The Bertz CT molecular complexity index is 351. The van der Waals surface area contributed by atoms with Crippen LogP contribution >= 0.6 is 27.3 Å². The normalized spacial score (nSPS) is 20.1. The second-order valence-electron chi connectivity index (χ2n) is 4.14. The molecule has 0 atom stereocenters. The van der Waals surface area contributed by atoms with Crippen LogP contribution in [0.1, 0.15) is 25.7 Å². The van der Waals surface area contributed by atoms with Crippen molar-refractivity contribution in [3.8, 4) is 0 Å². The van der Waals surface area contributed by atoms with Gasteiger partial charge in [-0.25, -0.2) is 0 Å². The summed E-state index contributed by atoms with van der Waals surface area (Å²) >= 11 is 4.88. The Balaban J connectivity index is 2.16. The molecule has 78 valence electrons. The van der Waals surface area contributed by atoms with E-state index < -0.39 is 0 Å². The topological polar surface area (TPSA) is 22.0 Å². The molecule has 0 aromatic carbocycles. The Morgan fingerprint density at radius 1 is 1.50 bits per heavy atom. The van der Waals surface area contributed by atoms with Gasteiger partial charge in [-0.2, -0.15) is 0 Å². The van der Waals surface area contributed by atoms with E-state index in [0.29, 0.717) is 5.41 Å². The first-order valence-corrected chi connectivity index (χ1v) is 6.96. The average molecular weight is 276 g/mol. The maximum absolute atomic E-state index is 11.4. The van der Waals surface area contributed by atoms with Gasteiger partial charge < -0.3 is 4.57 Å². The van der Waals surface area contributed by atoms with Crippen molar-refractivity contribution in [3.63, 3.8) is 0 Å². The fraction of sp³-hybridized carbons (Fsp3) is 0.700. The molecule has 1 aliphatic rings. The van der Waals surface area contributed by atoms with Crippen LogP contribution in [0.2, 0.25) is 0 Å². The lowest BCUT2D eigenvalue weighted by Gasteiger charge is -2.26. The maximum atomic E-state index is 11.4. The van der Waals surface area contributed by atoms with Gasteiger partial charge in [-0.3, -0.25) is 4.79 Å². The Kier molecular flexibility index (Phi) is 3.12. The van der Waals surface area contributed by atoms with Gasteiger partial charge in [0, 0.05) is 23.5 Å². The van der Waals surface area contributed by atoms with E-state index in [4.69, 9.17) is 0 Å². The molecule has 0 aliphatic heterocycles. The number of rotatable bonds is 3. The van der Waals surface area contributed by atoms with Crippen molar-refractivity contribution >= 4 is 27.3 Å². The summed E-state index contributed by atoms with van der Waals surface area (Å²) in [6, 6.07) is 0. The highest BCUT2D eigenvalue weighted by Crippen LogP contribution is 2.40. The lowest BCUT2D eigenvalue weighted by atomic mass is 9.89. The fourth-order valence-electron chi connectivity index (χ4n) is 2.23. The highest BCUT2D eigenvalue weighted by molar-refractivity contribution is 9.09. The minimum Gasteiger partial charge on any atom is -0.305 e. The summed E-state index contributed by atoms with van der Waals surface area (Å²) < 4.78 is 1.86. The van der Waals surface area contributed by atoms with Gasteiger partial charge in [0.1, 0.15) is 0 Å². The maximum Gasteiger partial charge on any atom is 0.307 e. The summed E-state index contributed by atoms with van der Waals surface area (Å²) in [5.74, 6) is 0. The van der Waals surface area contributed by atoms with Crippen molar-refractivity contribution in [2.45, 2.75) is 32.2 Å². The molecule has 1 aliphatic carbocycles. The Morgan fingerprint density at radius 3 is 2.71 bits per heavy atom. The first-order chi connectivity index (χ1) is 6.76. The molecule has 2 rings (SSSR count). The van der Waals surface area contributed by atoms with Crippen molar-refractivity contribution in [2.75, 3.05) is 5.33 Å². The van der Waals surface area contributed by atoms with Crippen LogP contribution in [-0.2, 0) is 6.54 Å². The first kappa shape index (κ1) is 10.4. The molecule has 0 radical (unpaired) electrons. The van der Waals surface area contributed by atoms with Gasteiger partial charge in [0.2, 0.25) is 0 Å². The third-order valence-corrected chi connectivity index (χ3v) is 4.98. The molecule has 4 heteroatoms. The minimum atomic E-state index is 0.178. The van der Waals surface area contributed by atoms with Crippen molar-refractivity contribution in [1.82, 2.24) is 4.57 Å². The van der Waals surface area contributed by atoms with Gasteiger partial charge in [0.25, 0.3) is 0 Å². The second-order valence-corrected chi connectivity index (χ2v) is 5.56. The summed E-state index contributed by atoms with van der Waals surface area (Å²) in [6.45, 7) is 0.889. The lowest BCUT2D eigenvalue weighted by molar-refractivity contribution is 0.290. The predicted molar refractivity (Wildman–Crippen MR) is 63.3 cm³/mol. The van der Waals surface area contributed by atoms with Crippen LogP contribution in [0.3, 0.4) is 0 Å². The monoisotopic (exact) mass is 275 g/mol. The first-order valence-electron chi connectivity index (χ1n) is 4.96. The van der Waals surface area contributed by atoms with Crippen molar-refractivity contribution in [3.05, 3.63) is 21.2 Å². The van der Waals surface area contributed by atoms with Gasteiger partial charge in [-0.05, 0) is 18.3 Å². The van der Waals surface area contributed by atoms with Gasteiger partial charge in [-0.15, -0.1) is 0 Å². The summed E-state index contributed by atoms with van der Waals surface area (Å²) in [5.41, 5.74) is 0.338. The van der Waals surface area contributed by atoms with Gasteiger partial charge >= 0.3 is 4.87 Å². The second kappa shape index (κ2) is 4.19. The number of thiazole rings is 1. The van der Waals surface area contributed by atoms with Crippen LogP contribution in [0, 0.1) is 5.41 Å². The quantitative estimate of drug-likeness (QED) is 0.778. The van der Waals surface area contributed by atoms with E-state index in [1.165, 1.54) is 37.0 Å². The number of nitrogens with zero attached hydrogens (tertiary/aromatic N) is 1. The van der Waals surface area contributed by atoms with Crippen LogP contribution in [0.5, 0.6) is 0 Å². The Hall–Kier alpha value is -0.0900. The van der Waals surface area contributed by atoms with Crippen molar-refractivity contribution < 1.29 is 0 Å². The molecule has 1 heterocycles. The van der Waals surface area contributed by atoms with E-state index in [1.54, 1.807) is 0 Å². The predicted octanol–water partition coefficient (Wildman–Crippen LogP) is 2.87. The molecule has 2 nitrogen and oxygen atoms in total. The molecular formula is C10H14BrNOS. The van der Waals surface area contributed by atoms with Crippen LogP contribution in [-0.4, -0.2) is 9.90 Å². The van der Waals surface area contributed by atoms with E-state index in [9.17, 15) is 4.79 Å². The Morgan fingerprint density at radius 2 is 2.21 bits per heavy atom. The van der Waals surface area contributed by atoms with Crippen LogP contribution in [0.15, 0.2) is 16.4 Å². The van der Waals surface area contributed by atoms with E-state index in [-0.39, 0.29) is 4.87 Å². The summed E-state index contributed by atoms with van der Waals surface area (Å²) in [6.07, 6.45) is 7.03. The number of hydrogen-bond acceptors (Lipinski definition) is 2. The molecule has 1 saturated carbocycles. The molecule has 0 N–H and O–H groups in total. The molecular weight excluding hydrogens is 262 g/mol. The number of alkyl halides is 1. The SMILES string of the molecule is O=c1sccn1CC1(CBr)CCCC1. The van der Waals surface area contributed by atoms with E-state index in [1.807, 2.05) is 16.1 Å². The largest absolute Gasteiger partial charge is 0.307 e. The highest BCUT2D eigenvalue weighted by Gasteiger charge is 2.33. The summed E-state index contributed by atoms with van der Waals surface area (Å²) in [7, 11) is 0. The van der Waals surface area contributed by atoms with E-state index >= 15 is 0 Å². The number of aromatic nitrogens is 1. The molecule has 0 bridgehead atoms. The highest BCUT2D eigenvalue weighted by atomic mass is 79.9. The molecule has 0 spiro atoms. The standard InChI is InChI=1S/C10H14BrNOS/c11-7-10(3-1-2-4-10)8-12-5-6-14-9(12)13/h5-6H,1-4,7-8H2. The zero-order chi connectivity index (χ0) is 10.0. The lowest BCUT2D eigenvalue weighted by Crippen LogP contribution is -2.29. The zero-order valence-electron chi connectivity index (χ0n) is 8.04. The van der Waals surface area contributed by atoms with E-state index in [0.717, 1.165) is 11.9 Å². The molecule has 1 fully saturated rings. The number of halogens is 1. The zero-order valence-corrected chi connectivity index (χ0v) is 10.4. The molecule has 0 unspecified atom stereocenters. The minimum absolute atomic E-state index is 0.178. The van der Waals surface area contributed by atoms with Crippen molar-refractivity contribution in [2.24, 2.45) is 5.41 Å². The third-order valence-electron chi connectivity index (χ3n) is 3.10. The summed E-state index contributed by atoms with van der Waals surface area (Å²) in [4.78, 5) is 11.6. The average Bonchev–Trinajstić information content (AvgIpc) is 2.79. The Labute approximate surface area is 96.1 Å². The van der Waals surface area contributed by atoms with Gasteiger partial charge in [0.05, 0.1) is 0 Å². The fourth-order valence-corrected chi connectivity index (χ4v) is 3.55. The van der Waals surface area contributed by atoms with E-state index in [2.05, 4.69) is 15.9 Å². The van der Waals surface area contributed by atoms with Crippen molar-refractivity contribution in [1.29, 1.82) is 0 Å². The van der Waals surface area contributed by atoms with Gasteiger partial charge in [-0.1, -0.05) is 40.1 Å². The molecule has 0 amide bonds.